The molecule has 6 rings (SSSR count). The highest BCUT2D eigenvalue weighted by atomic mass is 16.6. The Morgan fingerprint density at radius 3 is 2.63 bits per heavy atom. The molecule has 0 spiro atoms. The van der Waals surface area contributed by atoms with Crippen molar-refractivity contribution in [1.82, 2.24) is 20.2 Å². The van der Waals surface area contributed by atoms with Crippen molar-refractivity contribution in [1.29, 1.82) is 0 Å². The monoisotopic (exact) mass is 466 g/mol. The summed E-state index contributed by atoms with van der Waals surface area (Å²) in [6.07, 6.45) is 0. The Morgan fingerprint density at radius 2 is 1.86 bits per heavy atom. The van der Waals surface area contributed by atoms with Crippen LogP contribution in [-0.4, -0.2) is 37.5 Å². The van der Waals surface area contributed by atoms with Gasteiger partial charge in [0.05, 0.1) is 32.6 Å². The van der Waals surface area contributed by atoms with Crippen molar-refractivity contribution in [2.45, 2.75) is 26.2 Å². The van der Waals surface area contributed by atoms with Gasteiger partial charge in [0.25, 0.3) is 5.69 Å². The molecule has 1 amide bonds. The number of anilines is 1. The summed E-state index contributed by atoms with van der Waals surface area (Å²) in [6.45, 7) is 6.48. The van der Waals surface area contributed by atoms with Gasteiger partial charge in [0.1, 0.15) is 5.69 Å². The van der Waals surface area contributed by atoms with Gasteiger partial charge in [-0.25, -0.2) is 4.98 Å². The molecule has 5 aromatic rings. The van der Waals surface area contributed by atoms with Gasteiger partial charge >= 0.3 is 0 Å². The summed E-state index contributed by atoms with van der Waals surface area (Å²) < 4.78 is 0. The first-order valence-corrected chi connectivity index (χ1v) is 11.4. The maximum atomic E-state index is 12.8. The van der Waals surface area contributed by atoms with Crippen LogP contribution in [0.2, 0.25) is 0 Å². The molecule has 3 aromatic carbocycles. The van der Waals surface area contributed by atoms with E-state index in [2.05, 4.69) is 15.2 Å². The fourth-order valence-electron chi connectivity index (χ4n) is 4.94. The minimum absolute atomic E-state index is 0.0496. The molecule has 0 saturated heterocycles. The van der Waals surface area contributed by atoms with Gasteiger partial charge < -0.3 is 9.88 Å². The van der Waals surface area contributed by atoms with E-state index in [4.69, 9.17) is 4.98 Å². The van der Waals surface area contributed by atoms with Crippen LogP contribution in [0, 0.1) is 10.1 Å². The number of nitro benzene ring substituents is 1. The quantitative estimate of drug-likeness (QED) is 0.274. The first kappa shape index (κ1) is 21.0. The number of aromatic nitrogens is 4. The average Bonchev–Trinajstić information content (AvgIpc) is 3.51. The summed E-state index contributed by atoms with van der Waals surface area (Å²) in [6, 6.07) is 16.3. The van der Waals surface area contributed by atoms with Crippen molar-refractivity contribution in [3.63, 3.8) is 0 Å². The first-order chi connectivity index (χ1) is 16.8. The lowest BCUT2D eigenvalue weighted by Crippen LogP contribution is -2.35. The van der Waals surface area contributed by atoms with Crippen LogP contribution in [0.5, 0.6) is 0 Å². The van der Waals surface area contributed by atoms with Gasteiger partial charge in [-0.3, -0.25) is 20.0 Å². The molecule has 0 aliphatic carbocycles. The number of amides is 1. The van der Waals surface area contributed by atoms with Gasteiger partial charge in [0.15, 0.2) is 5.82 Å². The molecule has 0 unspecified atom stereocenters. The maximum Gasteiger partial charge on any atom is 0.270 e. The Bertz CT molecular complexity index is 1680. The summed E-state index contributed by atoms with van der Waals surface area (Å²) in [4.78, 5) is 33.6. The smallest absolute Gasteiger partial charge is 0.270 e. The van der Waals surface area contributed by atoms with E-state index in [-0.39, 0.29) is 11.6 Å². The summed E-state index contributed by atoms with van der Waals surface area (Å²) in [5, 5.41) is 19.6. The van der Waals surface area contributed by atoms with Crippen LogP contribution in [0.15, 0.2) is 54.6 Å². The Balaban J connectivity index is 1.42. The molecule has 9 heteroatoms. The highest BCUT2D eigenvalue weighted by Gasteiger charge is 2.43. The summed E-state index contributed by atoms with van der Waals surface area (Å²) in [7, 11) is 0. The van der Waals surface area contributed by atoms with Crippen molar-refractivity contribution in [2.24, 2.45) is 0 Å². The number of H-pyrrole nitrogens is 2. The highest BCUT2D eigenvalue weighted by Crippen LogP contribution is 2.43. The maximum absolute atomic E-state index is 12.8. The molecule has 2 N–H and O–H groups in total. The van der Waals surface area contributed by atoms with Crippen LogP contribution >= 0.6 is 0 Å². The van der Waals surface area contributed by atoms with Crippen LogP contribution in [0.3, 0.4) is 0 Å². The molecular weight excluding hydrogens is 444 g/mol. The molecule has 35 heavy (non-hydrogen) atoms. The van der Waals surface area contributed by atoms with Gasteiger partial charge in [-0.15, -0.1) is 0 Å². The third kappa shape index (κ3) is 3.04. The predicted octanol–water partition coefficient (Wildman–Crippen LogP) is 5.33. The zero-order valence-corrected chi connectivity index (χ0v) is 19.4. The number of nitrogens with zero attached hydrogens (tertiary/aromatic N) is 4. The lowest BCUT2D eigenvalue weighted by molar-refractivity contribution is -0.384. The number of hydrogen-bond acceptors (Lipinski definition) is 5. The number of hydrogen-bond donors (Lipinski definition) is 2. The average molecular weight is 467 g/mol. The second-order valence-corrected chi connectivity index (χ2v) is 9.29. The predicted molar refractivity (Wildman–Crippen MR) is 134 cm³/mol. The van der Waals surface area contributed by atoms with Crippen LogP contribution in [0.1, 0.15) is 26.3 Å². The molecule has 0 bridgehead atoms. The molecule has 3 heterocycles. The van der Waals surface area contributed by atoms with E-state index in [0.717, 1.165) is 44.3 Å². The zero-order chi connectivity index (χ0) is 24.5. The molecule has 0 radical (unpaired) electrons. The van der Waals surface area contributed by atoms with Gasteiger partial charge in [-0.2, -0.15) is 5.10 Å². The van der Waals surface area contributed by atoms with E-state index in [0.29, 0.717) is 18.1 Å². The molecule has 1 aliphatic rings. The number of carbonyl (C=O) groups excluding carboxylic acids is 1. The van der Waals surface area contributed by atoms with E-state index < -0.39 is 10.3 Å². The highest BCUT2D eigenvalue weighted by molar-refractivity contribution is 6.09. The number of non-ortho nitro benzene ring substituents is 1. The Kier molecular flexibility index (Phi) is 4.35. The first-order valence-electron chi connectivity index (χ1n) is 11.4. The number of fused-ring (bicyclic) bond motifs is 3. The van der Waals surface area contributed by atoms with E-state index in [1.54, 1.807) is 12.1 Å². The summed E-state index contributed by atoms with van der Waals surface area (Å²) >= 11 is 0. The van der Waals surface area contributed by atoms with Gasteiger partial charge in [0.2, 0.25) is 5.91 Å². The van der Waals surface area contributed by atoms with Crippen molar-refractivity contribution in [3.8, 4) is 22.6 Å². The number of benzene rings is 3. The summed E-state index contributed by atoms with van der Waals surface area (Å²) in [5.41, 5.74) is 6.06. The third-order valence-electron chi connectivity index (χ3n) is 6.84. The van der Waals surface area contributed by atoms with Crippen molar-refractivity contribution < 1.29 is 9.72 Å². The lowest BCUT2D eigenvalue weighted by atomic mass is 9.86. The number of imidazole rings is 1. The molecule has 1 aliphatic heterocycles. The molecule has 9 nitrogen and oxygen atoms in total. The van der Waals surface area contributed by atoms with Crippen molar-refractivity contribution in [2.75, 3.05) is 11.4 Å². The number of aromatic amines is 2. The van der Waals surface area contributed by atoms with Gasteiger partial charge in [0, 0.05) is 24.1 Å². The minimum Gasteiger partial charge on any atom is -0.337 e. The molecule has 0 saturated carbocycles. The molecule has 0 atom stereocenters. The van der Waals surface area contributed by atoms with E-state index in [1.165, 1.54) is 6.07 Å². The Morgan fingerprint density at radius 1 is 1.06 bits per heavy atom. The fraction of sp³-hybridized carbons (Fsp3) is 0.192. The van der Waals surface area contributed by atoms with Gasteiger partial charge in [-0.05, 0) is 61.7 Å². The van der Waals surface area contributed by atoms with E-state index >= 15 is 0 Å². The van der Waals surface area contributed by atoms with E-state index in [9.17, 15) is 14.9 Å². The lowest BCUT2D eigenvalue weighted by Gasteiger charge is -2.18. The molecule has 174 valence electrons. The van der Waals surface area contributed by atoms with Crippen LogP contribution in [0.25, 0.3) is 44.6 Å². The summed E-state index contributed by atoms with van der Waals surface area (Å²) in [5.74, 6) is 0.728. The van der Waals surface area contributed by atoms with Crippen LogP contribution in [0.4, 0.5) is 11.4 Å². The van der Waals surface area contributed by atoms with Crippen LogP contribution in [-0.2, 0) is 10.2 Å². The van der Waals surface area contributed by atoms with Crippen LogP contribution < -0.4 is 4.90 Å². The second kappa shape index (κ2) is 7.23. The molecule has 2 aromatic heterocycles. The Hall–Kier alpha value is -4.53. The normalized spacial score (nSPS) is 14.7. The van der Waals surface area contributed by atoms with E-state index in [1.807, 2.05) is 62.1 Å². The number of rotatable bonds is 4. The molecule has 0 fully saturated rings. The largest absolute Gasteiger partial charge is 0.337 e. The van der Waals surface area contributed by atoms with Crippen molar-refractivity contribution in [3.05, 3.63) is 70.3 Å². The SMILES string of the molecule is CCN1C(=O)C(C)(C)c2cc3nc(-c4n[nH]c5cc(-c6cccc([N+](=O)[O-])c6)ccc45)[nH]c3cc21. The Labute approximate surface area is 199 Å². The minimum atomic E-state index is -0.597. The standard InChI is InChI=1S/C26H22N6O3/c1-4-31-22-13-21-20(12-18(22)26(2,3)25(31)33)27-24(28-21)23-17-9-8-15(11-19(17)29-30-23)14-6-5-7-16(10-14)32(34)35/h5-13H,4H2,1-3H3,(H,27,28)(H,29,30). The number of nitrogens with one attached hydrogen (secondary N) is 2. The number of likely N-dealkylation sites (N-methyl/N-ethyl adjacent to an activating group) is 1. The fourth-order valence-corrected chi connectivity index (χ4v) is 4.94. The third-order valence-corrected chi connectivity index (χ3v) is 6.84. The topological polar surface area (TPSA) is 121 Å². The van der Waals surface area contributed by atoms with Crippen molar-refractivity contribution >= 4 is 39.2 Å². The number of nitro groups is 1. The van der Waals surface area contributed by atoms with Gasteiger partial charge in [-0.1, -0.05) is 18.2 Å². The second-order valence-electron chi connectivity index (χ2n) is 9.29. The number of carbonyl (C=O) groups is 1. The zero-order valence-electron chi connectivity index (χ0n) is 19.4. The molecular formula is C26H22N6O3.